The van der Waals surface area contributed by atoms with E-state index in [4.69, 9.17) is 9.84 Å². The molecule has 1 aromatic rings. The molecule has 1 aromatic carbocycles. The summed E-state index contributed by atoms with van der Waals surface area (Å²) in [5.41, 5.74) is 0. The van der Waals surface area contributed by atoms with Gasteiger partial charge in [0.2, 0.25) is 11.6 Å². The third-order valence-corrected chi connectivity index (χ3v) is 3.10. The molecule has 2 nitrogen and oxygen atoms in total. The van der Waals surface area contributed by atoms with Crippen molar-refractivity contribution in [2.24, 2.45) is 5.92 Å². The molecule has 1 rings (SSSR count). The van der Waals surface area contributed by atoms with E-state index in [9.17, 15) is 8.78 Å². The Balaban J connectivity index is 2.38. The lowest BCUT2D eigenvalue weighted by molar-refractivity contribution is 0.235. The van der Waals surface area contributed by atoms with Gasteiger partial charge in [-0.3, -0.25) is 0 Å². The summed E-state index contributed by atoms with van der Waals surface area (Å²) in [5, 5.41) is 9.00. The fraction of sp³-hybridized carbons (Fsp3) is 0.600. The molecule has 0 spiro atoms. The number of benzene rings is 1. The monoisotopic (exact) mass is 272 g/mol. The third kappa shape index (κ3) is 5.05. The van der Waals surface area contributed by atoms with Crippen LogP contribution in [0.3, 0.4) is 0 Å². The van der Waals surface area contributed by atoms with Crippen molar-refractivity contribution >= 4 is 0 Å². The van der Waals surface area contributed by atoms with Crippen molar-refractivity contribution in [2.45, 2.75) is 46.0 Å². The van der Waals surface area contributed by atoms with Crippen LogP contribution in [0, 0.1) is 17.6 Å². The average Bonchev–Trinajstić information content (AvgIpc) is 2.40. The van der Waals surface area contributed by atoms with Gasteiger partial charge in [-0.15, -0.1) is 0 Å². The van der Waals surface area contributed by atoms with E-state index in [1.54, 1.807) is 0 Å². The van der Waals surface area contributed by atoms with E-state index in [-0.39, 0.29) is 5.75 Å². The molecule has 1 atom stereocenters. The maximum Gasteiger partial charge on any atom is 0.204 e. The van der Waals surface area contributed by atoms with Gasteiger partial charge in [0.25, 0.3) is 0 Å². The molecule has 0 aliphatic rings. The van der Waals surface area contributed by atoms with Crippen LogP contribution >= 0.6 is 0 Å². The van der Waals surface area contributed by atoms with Gasteiger partial charge in [0.15, 0.2) is 11.5 Å². The van der Waals surface area contributed by atoms with E-state index < -0.39 is 17.4 Å². The molecule has 0 radical (unpaired) electrons. The Morgan fingerprint density at radius 2 is 1.89 bits per heavy atom. The van der Waals surface area contributed by atoms with Crippen LogP contribution in [0.15, 0.2) is 12.1 Å². The lowest BCUT2D eigenvalue weighted by atomic mass is 10.0. The highest BCUT2D eigenvalue weighted by Gasteiger charge is 2.14. The van der Waals surface area contributed by atoms with Gasteiger partial charge in [-0.25, -0.2) is 0 Å². The van der Waals surface area contributed by atoms with E-state index in [0.717, 1.165) is 18.9 Å². The topological polar surface area (TPSA) is 29.5 Å². The number of hydrogen-bond donors (Lipinski definition) is 1. The molecule has 0 fully saturated rings. The Morgan fingerprint density at radius 3 is 2.58 bits per heavy atom. The lowest BCUT2D eigenvalue weighted by Crippen LogP contribution is -2.09. The molecule has 0 saturated heterocycles. The second-order valence-corrected chi connectivity index (χ2v) is 4.98. The predicted octanol–water partition coefficient (Wildman–Crippen LogP) is 4.66. The van der Waals surface area contributed by atoms with Crippen LogP contribution in [0.2, 0.25) is 0 Å². The predicted molar refractivity (Wildman–Crippen MR) is 71.4 cm³/mol. The van der Waals surface area contributed by atoms with E-state index in [1.165, 1.54) is 25.3 Å². The van der Waals surface area contributed by atoms with E-state index >= 15 is 0 Å². The number of unbranched alkanes of at least 4 members (excludes halogenated alkanes) is 3. The van der Waals surface area contributed by atoms with Crippen molar-refractivity contribution in [3.05, 3.63) is 23.8 Å². The molecule has 0 saturated carbocycles. The summed E-state index contributed by atoms with van der Waals surface area (Å²) in [4.78, 5) is 0. The zero-order valence-corrected chi connectivity index (χ0v) is 11.6. The minimum atomic E-state index is -1.26. The molecule has 0 heterocycles. The van der Waals surface area contributed by atoms with E-state index in [0.29, 0.717) is 12.5 Å². The minimum Gasteiger partial charge on any atom is -0.505 e. The largest absolute Gasteiger partial charge is 0.505 e. The molecule has 0 aliphatic carbocycles. The Kier molecular flexibility index (Phi) is 6.60. The third-order valence-electron chi connectivity index (χ3n) is 3.10. The van der Waals surface area contributed by atoms with Crippen molar-refractivity contribution in [1.82, 2.24) is 0 Å². The minimum absolute atomic E-state index is 0.143. The Hall–Kier alpha value is -1.32. The summed E-state index contributed by atoms with van der Waals surface area (Å²) >= 11 is 0. The normalized spacial score (nSPS) is 12.4. The van der Waals surface area contributed by atoms with Gasteiger partial charge in [-0.2, -0.15) is 8.78 Å². The van der Waals surface area contributed by atoms with Gasteiger partial charge in [0, 0.05) is 0 Å². The summed E-state index contributed by atoms with van der Waals surface area (Å²) < 4.78 is 31.8. The summed E-state index contributed by atoms with van der Waals surface area (Å²) in [6, 6.07) is 2.34. The summed E-state index contributed by atoms with van der Waals surface area (Å²) in [5.74, 6) is -2.92. The number of hydrogen-bond acceptors (Lipinski definition) is 2. The quantitative estimate of drug-likeness (QED) is 0.698. The number of aromatic hydroxyl groups is 1. The summed E-state index contributed by atoms with van der Waals surface area (Å²) in [7, 11) is 0. The van der Waals surface area contributed by atoms with Crippen LogP contribution in [0.1, 0.15) is 46.0 Å². The van der Waals surface area contributed by atoms with Crippen LogP contribution in [-0.2, 0) is 0 Å². The molecule has 0 bridgehead atoms. The van der Waals surface area contributed by atoms with Gasteiger partial charge in [-0.1, -0.05) is 39.5 Å². The maximum atomic E-state index is 13.4. The smallest absolute Gasteiger partial charge is 0.204 e. The van der Waals surface area contributed by atoms with Gasteiger partial charge >= 0.3 is 0 Å². The van der Waals surface area contributed by atoms with E-state index in [1.807, 2.05) is 6.92 Å². The van der Waals surface area contributed by atoms with Gasteiger partial charge in [-0.05, 0) is 24.5 Å². The standard InChI is InChI=1S/C15H22F2O2/c1-3-4-5-6-7-11(2)10-19-13-9-8-12(18)14(16)15(13)17/h8-9,11,18H,3-7,10H2,1-2H3/t11-/m0/s1. The number of rotatable bonds is 8. The van der Waals surface area contributed by atoms with Crippen LogP contribution in [0.25, 0.3) is 0 Å². The molecule has 108 valence electrons. The first-order chi connectivity index (χ1) is 9.06. The molecule has 4 heteroatoms. The SMILES string of the molecule is CCCCCC[C@H](C)COc1ccc(O)c(F)c1F. The molecule has 0 aromatic heterocycles. The zero-order valence-electron chi connectivity index (χ0n) is 11.6. The summed E-state index contributed by atoms with van der Waals surface area (Å²) in [6.45, 7) is 4.54. The van der Waals surface area contributed by atoms with E-state index in [2.05, 4.69) is 6.92 Å². The highest BCUT2D eigenvalue weighted by molar-refractivity contribution is 5.33. The fourth-order valence-corrected chi connectivity index (χ4v) is 1.87. The maximum absolute atomic E-state index is 13.4. The molecule has 19 heavy (non-hydrogen) atoms. The van der Waals surface area contributed by atoms with Crippen LogP contribution in [-0.4, -0.2) is 11.7 Å². The molecule has 1 N–H and O–H groups in total. The second-order valence-electron chi connectivity index (χ2n) is 4.98. The fourth-order valence-electron chi connectivity index (χ4n) is 1.87. The first-order valence-electron chi connectivity index (χ1n) is 6.86. The molecule has 0 amide bonds. The number of phenolic OH excluding ortho intramolecular Hbond substituents is 1. The van der Waals surface area contributed by atoms with Crippen LogP contribution < -0.4 is 4.74 Å². The van der Waals surface area contributed by atoms with Crippen LogP contribution in [0.4, 0.5) is 8.78 Å². The number of phenols is 1. The highest BCUT2D eigenvalue weighted by Crippen LogP contribution is 2.27. The van der Waals surface area contributed by atoms with Gasteiger partial charge in [0.1, 0.15) is 0 Å². The molecule has 0 unspecified atom stereocenters. The lowest BCUT2D eigenvalue weighted by Gasteiger charge is -2.13. The number of ether oxygens (including phenoxy) is 1. The molecular formula is C15H22F2O2. The highest BCUT2D eigenvalue weighted by atomic mass is 19.2. The van der Waals surface area contributed by atoms with Crippen LogP contribution in [0.5, 0.6) is 11.5 Å². The Morgan fingerprint density at radius 1 is 1.16 bits per heavy atom. The van der Waals surface area contributed by atoms with Crippen molar-refractivity contribution < 1.29 is 18.6 Å². The first kappa shape index (κ1) is 15.7. The summed E-state index contributed by atoms with van der Waals surface area (Å²) in [6.07, 6.45) is 5.77. The number of halogens is 2. The van der Waals surface area contributed by atoms with Crippen molar-refractivity contribution in [2.75, 3.05) is 6.61 Å². The molecule has 0 aliphatic heterocycles. The van der Waals surface area contributed by atoms with Crippen molar-refractivity contribution in [3.63, 3.8) is 0 Å². The van der Waals surface area contributed by atoms with Crippen molar-refractivity contribution in [1.29, 1.82) is 0 Å². The Labute approximate surface area is 113 Å². The Bertz CT molecular complexity index is 394. The second kappa shape index (κ2) is 7.97. The van der Waals surface area contributed by atoms with Crippen molar-refractivity contribution in [3.8, 4) is 11.5 Å². The van der Waals surface area contributed by atoms with Gasteiger partial charge < -0.3 is 9.84 Å². The first-order valence-corrected chi connectivity index (χ1v) is 6.86. The average molecular weight is 272 g/mol. The zero-order chi connectivity index (χ0) is 14.3. The molecular weight excluding hydrogens is 250 g/mol. The van der Waals surface area contributed by atoms with Gasteiger partial charge in [0.05, 0.1) is 6.61 Å².